The van der Waals surface area contributed by atoms with Crippen molar-refractivity contribution in [1.82, 2.24) is 4.31 Å². The van der Waals surface area contributed by atoms with E-state index in [1.54, 1.807) is 0 Å². The second kappa shape index (κ2) is 4.66. The van der Waals surface area contributed by atoms with Crippen molar-refractivity contribution >= 4 is 10.3 Å². The van der Waals surface area contributed by atoms with Crippen LogP contribution in [-0.4, -0.2) is 37.7 Å². The largest absolute Gasteiger partial charge is 0.365 e. The molecular formula is C5H13NO4S. The fourth-order valence-electron chi connectivity index (χ4n) is 0.404. The molecule has 0 amide bonds. The Morgan fingerprint density at radius 2 is 2.09 bits per heavy atom. The minimum Gasteiger partial charge on any atom is -0.365 e. The van der Waals surface area contributed by atoms with Crippen molar-refractivity contribution in [2.24, 2.45) is 0 Å². The zero-order valence-electron chi connectivity index (χ0n) is 6.65. The van der Waals surface area contributed by atoms with E-state index in [2.05, 4.69) is 0 Å². The molecule has 0 aliphatic rings. The number of hydrogen-bond acceptors (Lipinski definition) is 3. The molecule has 0 radical (unpaired) electrons. The predicted octanol–water partition coefficient (Wildman–Crippen LogP) is 0.105. The molecule has 0 aromatic heterocycles. The molecule has 0 atom stereocenters. The summed E-state index contributed by atoms with van der Waals surface area (Å²) in [6.45, 7) is 2.29. The molecule has 6 heteroatoms. The first-order chi connectivity index (χ1) is 4.98. The number of ether oxygens (including phenoxy) is 1. The highest BCUT2D eigenvalue weighted by atomic mass is 32.2. The topological polar surface area (TPSA) is 66.8 Å². The van der Waals surface area contributed by atoms with Gasteiger partial charge in [0.15, 0.2) is 0 Å². The highest BCUT2D eigenvalue weighted by molar-refractivity contribution is 7.83. The Labute approximate surface area is 66.8 Å². The Morgan fingerprint density at radius 3 is 2.45 bits per heavy atom. The fraction of sp³-hybridized carbons (Fsp3) is 1.00. The van der Waals surface area contributed by atoms with Crippen molar-refractivity contribution in [3.63, 3.8) is 0 Å². The van der Waals surface area contributed by atoms with Gasteiger partial charge >= 0.3 is 10.3 Å². The number of hydrogen-bond donors (Lipinski definition) is 1. The van der Waals surface area contributed by atoms with Gasteiger partial charge < -0.3 is 4.74 Å². The van der Waals surface area contributed by atoms with E-state index in [0.29, 0.717) is 6.61 Å². The Hall–Kier alpha value is -0.170. The van der Waals surface area contributed by atoms with Gasteiger partial charge in [-0.25, -0.2) is 0 Å². The number of rotatable bonds is 5. The lowest BCUT2D eigenvalue weighted by molar-refractivity contribution is 0.0776. The van der Waals surface area contributed by atoms with Crippen LogP contribution in [0.25, 0.3) is 0 Å². The molecule has 0 aliphatic heterocycles. The second-order valence-electron chi connectivity index (χ2n) is 2.11. The average Bonchev–Trinajstić information content (AvgIpc) is 1.86. The monoisotopic (exact) mass is 183 g/mol. The van der Waals surface area contributed by atoms with Crippen LogP contribution < -0.4 is 0 Å². The third-order valence-electron chi connectivity index (χ3n) is 1.02. The quantitative estimate of drug-likeness (QED) is 0.373. The Bertz CT molecular complexity index is 189. The van der Waals surface area contributed by atoms with Crippen molar-refractivity contribution in [2.75, 3.05) is 20.4 Å². The zero-order valence-corrected chi connectivity index (χ0v) is 7.47. The van der Waals surface area contributed by atoms with Crippen LogP contribution in [0.3, 0.4) is 0 Å². The maximum Gasteiger partial charge on any atom is 0.337 e. The van der Waals surface area contributed by atoms with E-state index in [1.807, 2.05) is 6.92 Å². The molecule has 1 N–H and O–H groups in total. The van der Waals surface area contributed by atoms with E-state index in [0.717, 1.165) is 10.7 Å². The zero-order chi connectivity index (χ0) is 8.91. The molecular weight excluding hydrogens is 170 g/mol. The molecule has 0 fully saturated rings. The highest BCUT2D eigenvalue weighted by Gasteiger charge is 2.11. The van der Waals surface area contributed by atoms with Crippen LogP contribution in [0, 0.1) is 0 Å². The van der Waals surface area contributed by atoms with Crippen molar-refractivity contribution in [3.8, 4) is 0 Å². The Morgan fingerprint density at radius 1 is 1.55 bits per heavy atom. The van der Waals surface area contributed by atoms with E-state index < -0.39 is 10.3 Å². The summed E-state index contributed by atoms with van der Waals surface area (Å²) in [5, 5.41) is 0. The smallest absolute Gasteiger partial charge is 0.337 e. The van der Waals surface area contributed by atoms with Crippen LogP contribution in [0.5, 0.6) is 0 Å². The SMILES string of the molecule is CCCOCN(C)S(=O)(=O)O. The minimum absolute atomic E-state index is 0.104. The molecule has 11 heavy (non-hydrogen) atoms. The standard InChI is InChI=1S/C5H13NO4S/c1-3-4-10-5-6(2)11(7,8)9/h3-5H2,1-2H3,(H,7,8,9). The van der Waals surface area contributed by atoms with E-state index >= 15 is 0 Å². The van der Waals surface area contributed by atoms with Gasteiger partial charge in [-0.05, 0) is 6.42 Å². The van der Waals surface area contributed by atoms with Crippen LogP contribution >= 0.6 is 0 Å². The van der Waals surface area contributed by atoms with Gasteiger partial charge in [0.1, 0.15) is 6.73 Å². The van der Waals surface area contributed by atoms with Crippen LogP contribution in [0.2, 0.25) is 0 Å². The van der Waals surface area contributed by atoms with Crippen molar-refractivity contribution in [2.45, 2.75) is 13.3 Å². The Balaban J connectivity index is 3.62. The summed E-state index contributed by atoms with van der Waals surface area (Å²) in [5.74, 6) is 0. The third-order valence-corrected chi connectivity index (χ3v) is 1.91. The van der Waals surface area contributed by atoms with Gasteiger partial charge in [0.2, 0.25) is 0 Å². The lowest BCUT2D eigenvalue weighted by atomic mass is 10.5. The third kappa shape index (κ3) is 5.14. The normalized spacial score (nSPS) is 12.4. The first-order valence-corrected chi connectivity index (χ1v) is 4.64. The van der Waals surface area contributed by atoms with E-state index in [-0.39, 0.29) is 6.73 Å². The van der Waals surface area contributed by atoms with Crippen molar-refractivity contribution in [3.05, 3.63) is 0 Å². The Kier molecular flexibility index (Phi) is 4.58. The molecule has 0 aromatic carbocycles. The molecule has 0 aromatic rings. The van der Waals surface area contributed by atoms with Crippen molar-refractivity contribution < 1.29 is 17.7 Å². The van der Waals surface area contributed by atoms with Crippen LogP contribution in [-0.2, 0) is 15.0 Å². The first kappa shape index (κ1) is 10.8. The molecule has 0 heterocycles. The molecule has 0 spiro atoms. The van der Waals surface area contributed by atoms with Crippen LogP contribution in [0.15, 0.2) is 0 Å². The molecule has 0 aliphatic carbocycles. The van der Waals surface area contributed by atoms with Crippen LogP contribution in [0.1, 0.15) is 13.3 Å². The molecule has 68 valence electrons. The molecule has 0 unspecified atom stereocenters. The number of nitrogens with zero attached hydrogens (tertiary/aromatic N) is 1. The van der Waals surface area contributed by atoms with Crippen molar-refractivity contribution in [1.29, 1.82) is 0 Å². The molecule has 0 saturated heterocycles. The summed E-state index contributed by atoms with van der Waals surface area (Å²) in [7, 11) is -2.83. The van der Waals surface area contributed by atoms with Gasteiger partial charge in [-0.3, -0.25) is 4.55 Å². The minimum atomic E-state index is -4.07. The maximum absolute atomic E-state index is 10.3. The summed E-state index contributed by atoms with van der Waals surface area (Å²) < 4.78 is 34.6. The van der Waals surface area contributed by atoms with E-state index in [4.69, 9.17) is 9.29 Å². The van der Waals surface area contributed by atoms with Gasteiger partial charge in [-0.15, -0.1) is 0 Å². The summed E-state index contributed by atoms with van der Waals surface area (Å²) in [6.07, 6.45) is 0.819. The van der Waals surface area contributed by atoms with Crippen LogP contribution in [0.4, 0.5) is 0 Å². The lowest BCUT2D eigenvalue weighted by Crippen LogP contribution is -2.28. The average molecular weight is 183 g/mol. The lowest BCUT2D eigenvalue weighted by Gasteiger charge is -2.11. The summed E-state index contributed by atoms with van der Waals surface area (Å²) >= 11 is 0. The van der Waals surface area contributed by atoms with E-state index in [1.165, 1.54) is 7.05 Å². The highest BCUT2D eigenvalue weighted by Crippen LogP contribution is 1.92. The van der Waals surface area contributed by atoms with Gasteiger partial charge in [-0.1, -0.05) is 6.92 Å². The molecule has 0 bridgehead atoms. The van der Waals surface area contributed by atoms with Gasteiger partial charge in [-0.2, -0.15) is 12.7 Å². The predicted molar refractivity (Wildman–Crippen MR) is 40.4 cm³/mol. The summed E-state index contributed by atoms with van der Waals surface area (Å²) in [6, 6.07) is 0. The molecule has 0 saturated carbocycles. The maximum atomic E-state index is 10.3. The van der Waals surface area contributed by atoms with Gasteiger partial charge in [0.05, 0.1) is 0 Å². The fourth-order valence-corrected chi connectivity index (χ4v) is 0.612. The van der Waals surface area contributed by atoms with Gasteiger partial charge in [0.25, 0.3) is 0 Å². The van der Waals surface area contributed by atoms with E-state index in [9.17, 15) is 8.42 Å². The molecule has 5 nitrogen and oxygen atoms in total. The summed E-state index contributed by atoms with van der Waals surface area (Å²) in [5.41, 5.74) is 0. The van der Waals surface area contributed by atoms with Gasteiger partial charge in [0, 0.05) is 13.7 Å². The second-order valence-corrected chi connectivity index (χ2v) is 3.63. The summed E-state index contributed by atoms with van der Waals surface area (Å²) in [4.78, 5) is 0. The first-order valence-electron chi connectivity index (χ1n) is 3.25. The molecule has 0 rings (SSSR count).